The summed E-state index contributed by atoms with van der Waals surface area (Å²) in [4.78, 5) is 18.0. The standard InChI is InChI=1S/C37H49N3O2.BrH/c1-3-4-5-6-7-8-9-10-11-12-13-16-25-42-36-23-18-20-33(27-36)30-40(31(2)41)34-22-17-19-32(26-34)28-37-38-29-35-21-14-15-24-39(35)37;/h14-15,17-24,26-27,29H,3-13,16,25,28,30H2,1-2H3;1H. The van der Waals surface area contributed by atoms with E-state index in [1.807, 2.05) is 47.5 Å². The molecule has 2 aromatic heterocycles. The number of nitrogens with one attached hydrogen (secondary N) is 1. The molecular formula is C37H50BrN3O2. The number of aromatic amines is 1. The van der Waals surface area contributed by atoms with Gasteiger partial charge in [-0.05, 0) is 53.9 Å². The minimum Gasteiger partial charge on any atom is -1.00 e. The summed E-state index contributed by atoms with van der Waals surface area (Å²) in [7, 11) is 0. The minimum absolute atomic E-state index is 0. The number of aromatic nitrogens is 2. The van der Waals surface area contributed by atoms with E-state index in [1.54, 1.807) is 6.92 Å². The molecule has 1 N–H and O–H groups in total. The van der Waals surface area contributed by atoms with Gasteiger partial charge in [-0.3, -0.25) is 4.79 Å². The van der Waals surface area contributed by atoms with Crippen molar-refractivity contribution < 1.29 is 30.9 Å². The summed E-state index contributed by atoms with van der Waals surface area (Å²) >= 11 is 0. The average Bonchev–Trinajstić information content (AvgIpc) is 3.41. The van der Waals surface area contributed by atoms with Crippen LogP contribution in [0.2, 0.25) is 0 Å². The van der Waals surface area contributed by atoms with Gasteiger partial charge in [0.25, 0.3) is 5.82 Å². The summed E-state index contributed by atoms with van der Waals surface area (Å²) in [5.41, 5.74) is 4.26. The second-order valence-electron chi connectivity index (χ2n) is 11.6. The number of H-pyrrole nitrogens is 1. The lowest BCUT2D eigenvalue weighted by Crippen LogP contribution is -3.00. The lowest BCUT2D eigenvalue weighted by molar-refractivity contribution is -0.520. The van der Waals surface area contributed by atoms with Gasteiger partial charge in [0.15, 0.2) is 5.52 Å². The zero-order valence-electron chi connectivity index (χ0n) is 26.2. The van der Waals surface area contributed by atoms with E-state index in [2.05, 4.69) is 52.8 Å². The highest BCUT2D eigenvalue weighted by molar-refractivity contribution is 5.91. The highest BCUT2D eigenvalue weighted by Crippen LogP contribution is 2.23. The number of carbonyl (C=O) groups excluding carboxylic acids is 1. The van der Waals surface area contributed by atoms with E-state index >= 15 is 0 Å². The third-order valence-electron chi connectivity index (χ3n) is 8.05. The van der Waals surface area contributed by atoms with Crippen molar-refractivity contribution in [2.24, 2.45) is 0 Å². The van der Waals surface area contributed by atoms with Crippen molar-refractivity contribution in [1.82, 2.24) is 4.98 Å². The first-order chi connectivity index (χ1) is 20.6. The second kappa shape index (κ2) is 19.2. The van der Waals surface area contributed by atoms with Crippen molar-refractivity contribution in [3.8, 4) is 5.75 Å². The number of ether oxygens (including phenoxy) is 1. The molecule has 4 aromatic rings. The molecule has 0 saturated carbocycles. The van der Waals surface area contributed by atoms with Gasteiger partial charge in [0, 0.05) is 12.6 Å². The molecule has 0 radical (unpaired) electrons. The number of imidazole rings is 1. The first-order valence-electron chi connectivity index (χ1n) is 16.2. The summed E-state index contributed by atoms with van der Waals surface area (Å²) in [5.74, 6) is 2.01. The molecule has 0 saturated heterocycles. The Labute approximate surface area is 269 Å². The van der Waals surface area contributed by atoms with Crippen LogP contribution in [0.25, 0.3) is 5.52 Å². The minimum atomic E-state index is 0. The van der Waals surface area contributed by atoms with Crippen LogP contribution >= 0.6 is 0 Å². The van der Waals surface area contributed by atoms with Crippen molar-refractivity contribution in [3.05, 3.63) is 96.1 Å². The number of carbonyl (C=O) groups is 1. The Morgan fingerprint density at radius 3 is 2.19 bits per heavy atom. The fraction of sp³-hybridized carbons (Fsp3) is 0.459. The Bertz CT molecular complexity index is 1370. The number of nitrogens with zero attached hydrogens (tertiary/aromatic N) is 2. The number of anilines is 1. The maximum absolute atomic E-state index is 12.7. The van der Waals surface area contributed by atoms with Crippen molar-refractivity contribution in [2.75, 3.05) is 11.5 Å². The average molecular weight is 649 g/mol. The predicted octanol–water partition coefficient (Wildman–Crippen LogP) is 5.98. The second-order valence-corrected chi connectivity index (χ2v) is 11.6. The van der Waals surface area contributed by atoms with Gasteiger partial charge >= 0.3 is 0 Å². The number of hydrogen-bond donors (Lipinski definition) is 1. The van der Waals surface area contributed by atoms with Crippen LogP contribution in [0.4, 0.5) is 5.69 Å². The Kier molecular flexibility index (Phi) is 15.4. The lowest BCUT2D eigenvalue weighted by Gasteiger charge is -2.22. The fourth-order valence-corrected chi connectivity index (χ4v) is 5.64. The molecule has 0 fully saturated rings. The SMILES string of the molecule is CCCCCCCCCCCCCCOc1cccc(CN(C(C)=O)c2cccc(Cc3[nH]cc4cccc[n+]34)c2)c1.[Br-]. The maximum atomic E-state index is 12.7. The monoisotopic (exact) mass is 647 g/mol. The number of pyridine rings is 1. The molecule has 0 spiro atoms. The topological polar surface area (TPSA) is 49.4 Å². The number of unbranched alkanes of at least 4 members (excludes halogenated alkanes) is 11. The van der Waals surface area contributed by atoms with E-state index in [-0.39, 0.29) is 22.9 Å². The van der Waals surface area contributed by atoms with Crippen molar-refractivity contribution in [1.29, 1.82) is 0 Å². The van der Waals surface area contributed by atoms with Crippen LogP contribution in [-0.2, 0) is 17.8 Å². The van der Waals surface area contributed by atoms with Gasteiger partial charge in [-0.25, -0.2) is 4.98 Å². The highest BCUT2D eigenvalue weighted by Gasteiger charge is 2.16. The summed E-state index contributed by atoms with van der Waals surface area (Å²) in [6, 6.07) is 22.6. The summed E-state index contributed by atoms with van der Waals surface area (Å²) in [6.45, 7) is 5.16. The Hall–Kier alpha value is -3.12. The van der Waals surface area contributed by atoms with Gasteiger partial charge in [-0.1, -0.05) is 108 Å². The van der Waals surface area contributed by atoms with Gasteiger partial charge in [-0.15, -0.1) is 0 Å². The van der Waals surface area contributed by atoms with Crippen LogP contribution < -0.4 is 31.0 Å². The van der Waals surface area contributed by atoms with Crippen LogP contribution in [0.3, 0.4) is 0 Å². The van der Waals surface area contributed by atoms with E-state index in [0.29, 0.717) is 6.54 Å². The Morgan fingerprint density at radius 2 is 1.47 bits per heavy atom. The van der Waals surface area contributed by atoms with Crippen LogP contribution in [0.5, 0.6) is 5.75 Å². The molecule has 2 heterocycles. The molecule has 0 atom stereocenters. The van der Waals surface area contributed by atoms with Crippen molar-refractivity contribution in [3.63, 3.8) is 0 Å². The Morgan fingerprint density at radius 1 is 0.791 bits per heavy atom. The molecule has 4 rings (SSSR count). The summed E-state index contributed by atoms with van der Waals surface area (Å²) < 4.78 is 8.25. The molecule has 0 aliphatic rings. The molecule has 1 amide bonds. The van der Waals surface area contributed by atoms with Crippen molar-refractivity contribution >= 4 is 17.1 Å². The zero-order valence-corrected chi connectivity index (χ0v) is 27.8. The normalized spacial score (nSPS) is 10.9. The van der Waals surface area contributed by atoms with Gasteiger partial charge in [-0.2, -0.15) is 4.40 Å². The fourth-order valence-electron chi connectivity index (χ4n) is 5.64. The molecule has 0 aliphatic heterocycles. The predicted molar refractivity (Wildman–Crippen MR) is 173 cm³/mol. The maximum Gasteiger partial charge on any atom is 0.263 e. The lowest BCUT2D eigenvalue weighted by atomic mass is 10.1. The first kappa shape index (κ1) is 34.4. The molecule has 2 aromatic carbocycles. The number of fused-ring (bicyclic) bond motifs is 1. The van der Waals surface area contributed by atoms with Crippen molar-refractivity contribution in [2.45, 2.75) is 104 Å². The van der Waals surface area contributed by atoms with Crippen LogP contribution in [-0.4, -0.2) is 17.5 Å². The third kappa shape index (κ3) is 11.5. The zero-order chi connectivity index (χ0) is 29.4. The first-order valence-corrected chi connectivity index (χ1v) is 16.2. The number of hydrogen-bond acceptors (Lipinski definition) is 2. The van der Waals surface area contributed by atoms with E-state index in [0.717, 1.165) is 53.4 Å². The number of amides is 1. The molecule has 6 heteroatoms. The molecular weight excluding hydrogens is 598 g/mol. The van der Waals surface area contributed by atoms with Gasteiger partial charge in [0.05, 0.1) is 25.8 Å². The third-order valence-corrected chi connectivity index (χ3v) is 8.05. The van der Waals surface area contributed by atoms with Gasteiger partial charge in [0.1, 0.15) is 11.9 Å². The van der Waals surface area contributed by atoms with Crippen LogP contribution in [0.15, 0.2) is 79.1 Å². The number of rotatable bonds is 19. The number of benzene rings is 2. The Balaban J connectivity index is 0.00000506. The van der Waals surface area contributed by atoms with Gasteiger partial charge < -0.3 is 26.6 Å². The smallest absolute Gasteiger partial charge is 0.263 e. The molecule has 0 unspecified atom stereocenters. The molecule has 5 nitrogen and oxygen atoms in total. The van der Waals surface area contributed by atoms with E-state index in [4.69, 9.17) is 4.74 Å². The molecule has 232 valence electrons. The van der Waals surface area contributed by atoms with E-state index < -0.39 is 0 Å². The van der Waals surface area contributed by atoms with Crippen LogP contribution in [0, 0.1) is 0 Å². The largest absolute Gasteiger partial charge is 1.00 e. The number of halogens is 1. The van der Waals surface area contributed by atoms with Crippen LogP contribution in [0.1, 0.15) is 108 Å². The van der Waals surface area contributed by atoms with Gasteiger partial charge in [0.2, 0.25) is 5.91 Å². The molecule has 43 heavy (non-hydrogen) atoms. The van der Waals surface area contributed by atoms with E-state index in [9.17, 15) is 4.79 Å². The molecule has 0 aliphatic carbocycles. The molecule has 0 bridgehead atoms. The quantitative estimate of drug-likeness (QED) is 0.101. The van der Waals surface area contributed by atoms with E-state index in [1.165, 1.54) is 70.6 Å². The highest BCUT2D eigenvalue weighted by atomic mass is 79.9. The summed E-state index contributed by atoms with van der Waals surface area (Å²) in [6.07, 6.45) is 20.9. The summed E-state index contributed by atoms with van der Waals surface area (Å²) in [5, 5.41) is 0.